The summed E-state index contributed by atoms with van der Waals surface area (Å²) in [6.45, 7) is 7.74. The Hall–Kier alpha value is -2.33. The van der Waals surface area contributed by atoms with Crippen LogP contribution in [0.1, 0.15) is 36.8 Å². The van der Waals surface area contributed by atoms with Gasteiger partial charge >= 0.3 is 0 Å². The summed E-state index contributed by atoms with van der Waals surface area (Å²) in [5.74, 6) is 2.78. The van der Waals surface area contributed by atoms with E-state index in [1.807, 2.05) is 44.3 Å². The normalized spacial score (nSPS) is 13.4. The lowest BCUT2D eigenvalue weighted by Gasteiger charge is -2.22. The fraction of sp³-hybridized carbons (Fsp3) is 0.364. The number of furan rings is 1. The van der Waals surface area contributed by atoms with Crippen LogP contribution in [0.3, 0.4) is 0 Å². The maximum Gasteiger partial charge on any atom is 0.191 e. The van der Waals surface area contributed by atoms with Crippen LogP contribution >= 0.6 is 24.0 Å². The van der Waals surface area contributed by atoms with E-state index in [0.29, 0.717) is 24.8 Å². The molecule has 0 spiro atoms. The van der Waals surface area contributed by atoms with Crippen LogP contribution in [-0.2, 0) is 18.7 Å². The zero-order valence-corrected chi connectivity index (χ0v) is 20.0. The second kappa shape index (κ2) is 11.2. The molecule has 30 heavy (non-hydrogen) atoms. The molecular formula is C22H30IN5O2. The SMILES string of the molecule is CCNC(=NCc1nccn1Cc1ccccc1)NCC(C)(O)c1ccc(C)o1.I. The fourth-order valence-corrected chi connectivity index (χ4v) is 2.97. The number of imidazole rings is 1. The first-order chi connectivity index (χ1) is 14.0. The predicted octanol–water partition coefficient (Wildman–Crippen LogP) is 3.41. The summed E-state index contributed by atoms with van der Waals surface area (Å²) < 4.78 is 7.66. The van der Waals surface area contributed by atoms with Gasteiger partial charge in [-0.05, 0) is 38.5 Å². The topological polar surface area (TPSA) is 87.6 Å². The molecule has 0 aliphatic rings. The van der Waals surface area contributed by atoms with Crippen LogP contribution < -0.4 is 10.6 Å². The molecule has 0 saturated heterocycles. The first kappa shape index (κ1) is 23.9. The van der Waals surface area contributed by atoms with Crippen molar-refractivity contribution in [1.29, 1.82) is 0 Å². The monoisotopic (exact) mass is 523 g/mol. The number of aryl methyl sites for hydroxylation is 1. The van der Waals surface area contributed by atoms with Gasteiger partial charge in [-0.2, -0.15) is 0 Å². The predicted molar refractivity (Wildman–Crippen MR) is 129 cm³/mol. The molecule has 0 saturated carbocycles. The molecule has 0 bridgehead atoms. The van der Waals surface area contributed by atoms with E-state index in [4.69, 9.17) is 4.42 Å². The molecule has 1 aromatic carbocycles. The van der Waals surface area contributed by atoms with Crippen molar-refractivity contribution in [3.63, 3.8) is 0 Å². The van der Waals surface area contributed by atoms with Crippen molar-refractivity contribution >= 4 is 29.9 Å². The zero-order chi connectivity index (χ0) is 20.7. The van der Waals surface area contributed by atoms with E-state index in [9.17, 15) is 5.11 Å². The molecule has 3 rings (SSSR count). The molecule has 0 amide bonds. The molecular weight excluding hydrogens is 493 g/mol. The van der Waals surface area contributed by atoms with Gasteiger partial charge in [0.25, 0.3) is 0 Å². The lowest BCUT2D eigenvalue weighted by Crippen LogP contribution is -2.44. The summed E-state index contributed by atoms with van der Waals surface area (Å²) in [6, 6.07) is 13.9. The minimum atomic E-state index is -1.14. The van der Waals surface area contributed by atoms with Gasteiger partial charge in [-0.25, -0.2) is 9.98 Å². The minimum Gasteiger partial charge on any atom is -0.463 e. The molecule has 3 N–H and O–H groups in total. The first-order valence-electron chi connectivity index (χ1n) is 9.83. The Morgan fingerprint density at radius 1 is 1.20 bits per heavy atom. The lowest BCUT2D eigenvalue weighted by molar-refractivity contribution is 0.0378. The number of rotatable bonds is 8. The number of halogens is 1. The van der Waals surface area contributed by atoms with E-state index in [1.54, 1.807) is 19.2 Å². The second-order valence-corrected chi connectivity index (χ2v) is 7.19. The number of aliphatic hydroxyl groups is 1. The Morgan fingerprint density at radius 3 is 2.63 bits per heavy atom. The quantitative estimate of drug-likeness (QED) is 0.239. The van der Waals surface area contributed by atoms with Crippen LogP contribution in [0.2, 0.25) is 0 Å². The first-order valence-corrected chi connectivity index (χ1v) is 9.83. The van der Waals surface area contributed by atoms with Gasteiger partial charge in [-0.15, -0.1) is 24.0 Å². The van der Waals surface area contributed by atoms with E-state index < -0.39 is 5.60 Å². The molecule has 7 nitrogen and oxygen atoms in total. The van der Waals surface area contributed by atoms with Gasteiger partial charge in [0.05, 0.1) is 6.54 Å². The number of aromatic nitrogens is 2. The van der Waals surface area contributed by atoms with Crippen LogP contribution in [0.5, 0.6) is 0 Å². The van der Waals surface area contributed by atoms with Crippen LogP contribution in [0, 0.1) is 6.92 Å². The van der Waals surface area contributed by atoms with Crippen molar-refractivity contribution in [1.82, 2.24) is 20.2 Å². The van der Waals surface area contributed by atoms with Crippen LogP contribution in [0.25, 0.3) is 0 Å². The lowest BCUT2D eigenvalue weighted by atomic mass is 10.0. The van der Waals surface area contributed by atoms with Crippen molar-refractivity contribution in [2.24, 2.45) is 4.99 Å². The number of nitrogens with one attached hydrogen (secondary N) is 2. The maximum absolute atomic E-state index is 10.7. The van der Waals surface area contributed by atoms with Crippen LogP contribution in [0.4, 0.5) is 0 Å². The van der Waals surface area contributed by atoms with Gasteiger partial charge in [0, 0.05) is 25.5 Å². The number of hydrogen-bond acceptors (Lipinski definition) is 4. The number of aliphatic imine (C=N–C) groups is 1. The largest absolute Gasteiger partial charge is 0.463 e. The Balaban J connectivity index is 0.00000320. The van der Waals surface area contributed by atoms with E-state index in [1.165, 1.54) is 5.56 Å². The fourth-order valence-electron chi connectivity index (χ4n) is 2.97. The van der Waals surface area contributed by atoms with Gasteiger partial charge in [-0.3, -0.25) is 0 Å². The summed E-state index contributed by atoms with van der Waals surface area (Å²) in [7, 11) is 0. The number of hydrogen-bond donors (Lipinski definition) is 3. The third-order valence-electron chi connectivity index (χ3n) is 4.59. The minimum absolute atomic E-state index is 0. The second-order valence-electron chi connectivity index (χ2n) is 7.19. The summed E-state index contributed by atoms with van der Waals surface area (Å²) in [6.07, 6.45) is 3.75. The maximum atomic E-state index is 10.7. The molecule has 1 atom stereocenters. The molecule has 2 heterocycles. The Kier molecular flexibility index (Phi) is 8.91. The highest BCUT2D eigenvalue weighted by Crippen LogP contribution is 2.21. The Bertz CT molecular complexity index is 934. The Labute approximate surface area is 194 Å². The molecule has 0 aliphatic carbocycles. The average Bonchev–Trinajstić information content (AvgIpc) is 3.34. The smallest absolute Gasteiger partial charge is 0.191 e. The van der Waals surface area contributed by atoms with E-state index in [-0.39, 0.29) is 30.5 Å². The van der Waals surface area contributed by atoms with E-state index in [0.717, 1.165) is 18.1 Å². The standard InChI is InChI=1S/C22H29N5O2.HI/c1-4-23-21(26-16-22(3,28)19-11-10-17(2)29-19)25-14-20-24-12-13-27(20)15-18-8-6-5-7-9-18;/h5-13,28H,4,14-16H2,1-3H3,(H2,23,25,26);1H. The van der Waals surface area contributed by atoms with Gasteiger partial charge in [0.2, 0.25) is 0 Å². The molecule has 2 aromatic heterocycles. The van der Waals surface area contributed by atoms with Crippen molar-refractivity contribution in [3.8, 4) is 0 Å². The molecule has 0 fully saturated rings. The van der Waals surface area contributed by atoms with Crippen molar-refractivity contribution < 1.29 is 9.52 Å². The summed E-state index contributed by atoms with van der Waals surface area (Å²) in [5.41, 5.74) is 0.0708. The van der Waals surface area contributed by atoms with Crippen molar-refractivity contribution in [2.75, 3.05) is 13.1 Å². The Morgan fingerprint density at radius 2 is 1.97 bits per heavy atom. The molecule has 8 heteroatoms. The van der Waals surface area contributed by atoms with Crippen LogP contribution in [-0.4, -0.2) is 33.7 Å². The number of benzene rings is 1. The highest BCUT2D eigenvalue weighted by Gasteiger charge is 2.27. The summed E-state index contributed by atoms with van der Waals surface area (Å²) in [5, 5.41) is 17.1. The van der Waals surface area contributed by atoms with Gasteiger partial charge in [-0.1, -0.05) is 30.3 Å². The average molecular weight is 523 g/mol. The zero-order valence-electron chi connectivity index (χ0n) is 17.6. The molecule has 1 unspecified atom stereocenters. The molecule has 162 valence electrons. The third kappa shape index (κ3) is 6.60. The van der Waals surface area contributed by atoms with Gasteiger partial charge in [0.1, 0.15) is 29.5 Å². The van der Waals surface area contributed by atoms with Crippen molar-refractivity contribution in [2.45, 2.75) is 39.5 Å². The molecule has 0 radical (unpaired) electrons. The summed E-state index contributed by atoms with van der Waals surface area (Å²) >= 11 is 0. The highest BCUT2D eigenvalue weighted by atomic mass is 127. The van der Waals surface area contributed by atoms with Crippen molar-refractivity contribution in [3.05, 3.63) is 77.8 Å². The van der Waals surface area contributed by atoms with Gasteiger partial charge < -0.3 is 24.7 Å². The van der Waals surface area contributed by atoms with E-state index >= 15 is 0 Å². The molecule has 3 aromatic rings. The van der Waals surface area contributed by atoms with Gasteiger partial charge in [0.15, 0.2) is 5.96 Å². The van der Waals surface area contributed by atoms with Crippen LogP contribution in [0.15, 0.2) is 64.3 Å². The van der Waals surface area contributed by atoms with E-state index in [2.05, 4.69) is 37.3 Å². The third-order valence-corrected chi connectivity index (χ3v) is 4.59. The number of nitrogens with zero attached hydrogens (tertiary/aromatic N) is 3. The number of guanidine groups is 1. The molecule has 0 aliphatic heterocycles. The highest BCUT2D eigenvalue weighted by molar-refractivity contribution is 14.0. The summed E-state index contributed by atoms with van der Waals surface area (Å²) in [4.78, 5) is 9.07.